The number of aromatic nitrogens is 4. The zero-order valence-electron chi connectivity index (χ0n) is 19.6. The Hall–Kier alpha value is -3.68. The second kappa shape index (κ2) is 8.93. The molecule has 1 aliphatic carbocycles. The Bertz CT molecular complexity index is 1490. The molecule has 8 nitrogen and oxygen atoms in total. The molecule has 0 unspecified atom stereocenters. The quantitative estimate of drug-likeness (QED) is 0.479. The highest BCUT2D eigenvalue weighted by molar-refractivity contribution is 5.98. The van der Waals surface area contributed by atoms with Crippen LogP contribution in [0.5, 0.6) is 0 Å². The highest BCUT2D eigenvalue weighted by Gasteiger charge is 2.21. The van der Waals surface area contributed by atoms with Crippen molar-refractivity contribution in [3.05, 3.63) is 80.0 Å². The highest BCUT2D eigenvalue weighted by Crippen LogP contribution is 2.19. The molecular formula is C26H29N5O3. The molecule has 0 bridgehead atoms. The van der Waals surface area contributed by atoms with E-state index in [1.807, 2.05) is 38.1 Å². The predicted molar refractivity (Wildman–Crippen MR) is 132 cm³/mol. The minimum Gasteiger partial charge on any atom is -0.349 e. The van der Waals surface area contributed by atoms with E-state index < -0.39 is 0 Å². The largest absolute Gasteiger partial charge is 0.352 e. The number of hydrogen-bond donors (Lipinski definition) is 1. The van der Waals surface area contributed by atoms with Gasteiger partial charge in [0.15, 0.2) is 0 Å². The first-order valence-corrected chi connectivity index (χ1v) is 12.0. The van der Waals surface area contributed by atoms with Gasteiger partial charge in [0.2, 0.25) is 5.78 Å². The van der Waals surface area contributed by atoms with Crippen molar-refractivity contribution in [2.45, 2.75) is 65.1 Å². The molecule has 0 saturated heterocycles. The zero-order chi connectivity index (χ0) is 23.8. The number of amides is 1. The van der Waals surface area contributed by atoms with Gasteiger partial charge in [0, 0.05) is 18.2 Å². The SMILES string of the molecule is CCCn1c(=O)c2ccc(C(=O)NC3CCCC3)cc2n2c(=O)n(Cc3ccc(C)cc3)nc12. The number of aryl methyl sites for hydroxylation is 2. The van der Waals surface area contributed by atoms with Gasteiger partial charge in [-0.05, 0) is 49.9 Å². The van der Waals surface area contributed by atoms with E-state index in [2.05, 4.69) is 10.4 Å². The van der Waals surface area contributed by atoms with Crippen molar-refractivity contribution in [2.24, 2.45) is 0 Å². The van der Waals surface area contributed by atoms with Crippen LogP contribution in [-0.4, -0.2) is 30.7 Å². The Labute approximate surface area is 196 Å². The van der Waals surface area contributed by atoms with Crippen molar-refractivity contribution in [3.8, 4) is 0 Å². The van der Waals surface area contributed by atoms with E-state index in [0.29, 0.717) is 35.3 Å². The van der Waals surface area contributed by atoms with Crippen molar-refractivity contribution >= 4 is 22.6 Å². The number of carbonyl (C=O) groups is 1. The summed E-state index contributed by atoms with van der Waals surface area (Å²) in [5, 5.41) is 8.03. The zero-order valence-corrected chi connectivity index (χ0v) is 19.6. The van der Waals surface area contributed by atoms with Gasteiger partial charge in [-0.2, -0.15) is 0 Å². The molecule has 5 rings (SSSR count). The Morgan fingerprint density at radius 1 is 1.09 bits per heavy atom. The Balaban J connectivity index is 1.66. The van der Waals surface area contributed by atoms with E-state index in [0.717, 1.165) is 43.2 Å². The molecule has 2 aromatic carbocycles. The van der Waals surface area contributed by atoms with Gasteiger partial charge >= 0.3 is 5.69 Å². The third-order valence-electron chi connectivity index (χ3n) is 6.63. The third-order valence-corrected chi connectivity index (χ3v) is 6.63. The number of carbonyl (C=O) groups excluding carboxylic acids is 1. The maximum atomic E-state index is 13.5. The Morgan fingerprint density at radius 3 is 2.53 bits per heavy atom. The molecule has 0 atom stereocenters. The number of fused-ring (bicyclic) bond motifs is 3. The lowest BCUT2D eigenvalue weighted by molar-refractivity contribution is 0.0938. The smallest absolute Gasteiger partial charge is 0.349 e. The van der Waals surface area contributed by atoms with E-state index in [4.69, 9.17) is 0 Å². The minimum atomic E-state index is -0.334. The average molecular weight is 460 g/mol. The number of hydrogen-bond acceptors (Lipinski definition) is 4. The lowest BCUT2D eigenvalue weighted by Gasteiger charge is -2.13. The van der Waals surface area contributed by atoms with Crippen LogP contribution in [-0.2, 0) is 13.1 Å². The number of nitrogens with zero attached hydrogens (tertiary/aromatic N) is 4. The highest BCUT2D eigenvalue weighted by atomic mass is 16.2. The van der Waals surface area contributed by atoms with Crippen molar-refractivity contribution in [1.82, 2.24) is 24.1 Å². The monoisotopic (exact) mass is 459 g/mol. The van der Waals surface area contributed by atoms with Crippen molar-refractivity contribution in [3.63, 3.8) is 0 Å². The summed E-state index contributed by atoms with van der Waals surface area (Å²) in [6, 6.07) is 13.1. The van der Waals surface area contributed by atoms with Crippen molar-refractivity contribution in [1.29, 1.82) is 0 Å². The lowest BCUT2D eigenvalue weighted by atomic mass is 10.1. The van der Waals surface area contributed by atoms with Crippen LogP contribution in [0.1, 0.15) is 60.5 Å². The molecule has 1 fully saturated rings. The standard InChI is InChI=1S/C26H29N5O3/c1-3-14-29-24(33)21-13-12-19(23(32)27-20-6-4-5-7-20)15-22(21)31-25(29)28-30(26(31)34)16-18-10-8-17(2)9-11-18/h8-13,15,20H,3-7,14,16H2,1-2H3,(H,27,32). The molecule has 0 radical (unpaired) electrons. The third kappa shape index (κ3) is 3.93. The predicted octanol–water partition coefficient (Wildman–Crippen LogP) is 3.25. The fourth-order valence-corrected chi connectivity index (χ4v) is 4.79. The number of benzene rings is 2. The van der Waals surface area contributed by atoms with Crippen LogP contribution in [0.3, 0.4) is 0 Å². The van der Waals surface area contributed by atoms with Crippen molar-refractivity contribution < 1.29 is 4.79 Å². The number of rotatable bonds is 6. The van der Waals surface area contributed by atoms with Crippen LogP contribution in [0.25, 0.3) is 16.7 Å². The van der Waals surface area contributed by atoms with Crippen LogP contribution >= 0.6 is 0 Å². The molecular weight excluding hydrogens is 430 g/mol. The molecule has 4 aromatic rings. The van der Waals surface area contributed by atoms with Gasteiger partial charge in [0.25, 0.3) is 11.5 Å². The summed E-state index contributed by atoms with van der Waals surface area (Å²) < 4.78 is 4.40. The van der Waals surface area contributed by atoms with Crippen LogP contribution < -0.4 is 16.6 Å². The molecule has 176 valence electrons. The first-order valence-electron chi connectivity index (χ1n) is 12.0. The fourth-order valence-electron chi connectivity index (χ4n) is 4.79. The normalized spacial score (nSPS) is 14.3. The summed E-state index contributed by atoms with van der Waals surface area (Å²) in [6.45, 7) is 4.73. The van der Waals surface area contributed by atoms with Gasteiger partial charge in [-0.3, -0.25) is 14.2 Å². The summed E-state index contributed by atoms with van der Waals surface area (Å²) in [4.78, 5) is 39.7. The van der Waals surface area contributed by atoms with Gasteiger partial charge in [0.1, 0.15) is 0 Å². The Kier molecular flexibility index (Phi) is 5.81. The average Bonchev–Trinajstić information content (AvgIpc) is 3.46. The van der Waals surface area contributed by atoms with Gasteiger partial charge in [-0.25, -0.2) is 13.9 Å². The van der Waals surface area contributed by atoms with E-state index in [1.54, 1.807) is 22.8 Å². The fraction of sp³-hybridized carbons (Fsp3) is 0.385. The second-order valence-electron chi connectivity index (χ2n) is 9.20. The summed E-state index contributed by atoms with van der Waals surface area (Å²) in [5.74, 6) is 0.115. The Morgan fingerprint density at radius 2 is 1.82 bits per heavy atom. The van der Waals surface area contributed by atoms with E-state index >= 15 is 0 Å². The molecule has 1 amide bonds. The first kappa shape index (κ1) is 22.1. The van der Waals surface area contributed by atoms with Crippen molar-refractivity contribution in [2.75, 3.05) is 0 Å². The maximum absolute atomic E-state index is 13.5. The lowest BCUT2D eigenvalue weighted by Crippen LogP contribution is -2.32. The summed E-state index contributed by atoms with van der Waals surface area (Å²) in [5.41, 5.74) is 2.38. The summed E-state index contributed by atoms with van der Waals surface area (Å²) in [7, 11) is 0. The molecule has 2 heterocycles. The molecule has 8 heteroatoms. The van der Waals surface area contributed by atoms with Crippen LogP contribution in [0.4, 0.5) is 0 Å². The van der Waals surface area contributed by atoms with Gasteiger partial charge < -0.3 is 5.32 Å². The first-order chi connectivity index (χ1) is 16.5. The van der Waals surface area contributed by atoms with E-state index in [-0.39, 0.29) is 23.2 Å². The summed E-state index contributed by atoms with van der Waals surface area (Å²) >= 11 is 0. The van der Waals surface area contributed by atoms with Gasteiger partial charge in [-0.1, -0.05) is 49.6 Å². The molecule has 0 aliphatic heterocycles. The van der Waals surface area contributed by atoms with Crippen LogP contribution in [0.2, 0.25) is 0 Å². The second-order valence-corrected chi connectivity index (χ2v) is 9.20. The van der Waals surface area contributed by atoms with Crippen LogP contribution in [0, 0.1) is 6.92 Å². The molecule has 1 N–H and O–H groups in total. The minimum absolute atomic E-state index is 0.181. The molecule has 1 saturated carbocycles. The van der Waals surface area contributed by atoms with Gasteiger partial charge in [0.05, 0.1) is 17.4 Å². The van der Waals surface area contributed by atoms with Gasteiger partial charge in [-0.15, -0.1) is 5.10 Å². The topological polar surface area (TPSA) is 90.4 Å². The summed E-state index contributed by atoms with van der Waals surface area (Å²) in [6.07, 6.45) is 4.93. The maximum Gasteiger partial charge on any atom is 0.352 e. The molecule has 0 spiro atoms. The van der Waals surface area contributed by atoms with E-state index in [9.17, 15) is 14.4 Å². The van der Waals surface area contributed by atoms with E-state index in [1.165, 1.54) is 9.08 Å². The molecule has 34 heavy (non-hydrogen) atoms. The molecule has 2 aromatic heterocycles. The van der Waals surface area contributed by atoms with Crippen LogP contribution in [0.15, 0.2) is 52.1 Å². The molecule has 1 aliphatic rings. The number of nitrogens with one attached hydrogen (secondary N) is 1.